The second-order valence-electron chi connectivity index (χ2n) is 14.4. The van der Waals surface area contributed by atoms with Gasteiger partial charge in [0, 0.05) is 50.2 Å². The van der Waals surface area contributed by atoms with Gasteiger partial charge < -0.3 is 25.2 Å². The second-order valence-corrected chi connectivity index (χ2v) is 15.8. The molecule has 0 spiro atoms. The number of ketones is 2. The molecule has 1 saturated heterocycles. The van der Waals surface area contributed by atoms with E-state index in [1.54, 1.807) is 4.90 Å². The summed E-state index contributed by atoms with van der Waals surface area (Å²) in [7, 11) is -4.45. The van der Waals surface area contributed by atoms with Crippen LogP contribution in [-0.2, 0) is 32.7 Å². The number of phosphoric acid groups is 1. The summed E-state index contributed by atoms with van der Waals surface area (Å²) in [5, 5.41) is 6.68. The van der Waals surface area contributed by atoms with Crippen LogP contribution in [0, 0.1) is 17.8 Å². The molecular weight excluding hydrogens is 609 g/mol. The van der Waals surface area contributed by atoms with Crippen molar-refractivity contribution in [3.8, 4) is 0 Å². The number of carbonyl (C=O) groups excluding carboxylic acids is 3. The lowest BCUT2D eigenvalue weighted by molar-refractivity contribution is -0.134. The Morgan fingerprint density at radius 1 is 0.848 bits per heavy atom. The van der Waals surface area contributed by atoms with Gasteiger partial charge in [-0.05, 0) is 77.3 Å². The lowest BCUT2D eigenvalue weighted by atomic mass is 9.90. The first-order chi connectivity index (χ1) is 21.7. The first-order valence-electron chi connectivity index (χ1n) is 17.7. The minimum atomic E-state index is -4.45. The number of nitrogens with zero attached hydrogens (tertiary/aromatic N) is 1. The highest BCUT2D eigenvalue weighted by molar-refractivity contribution is 7.47. The van der Waals surface area contributed by atoms with Crippen LogP contribution < -0.4 is 10.6 Å². The van der Waals surface area contributed by atoms with Crippen LogP contribution in [0.5, 0.6) is 0 Å². The van der Waals surface area contributed by atoms with Gasteiger partial charge in [0.15, 0.2) is 0 Å². The van der Waals surface area contributed by atoms with E-state index in [0.29, 0.717) is 57.3 Å². The number of hydrogen-bond acceptors (Lipinski definition) is 9. The smallest absolute Gasteiger partial charge is 0.378 e. The average molecular weight is 674 g/mol. The fraction of sp³-hybridized carbons (Fsp3) is 0.912. The summed E-state index contributed by atoms with van der Waals surface area (Å²) in [6.07, 6.45) is 5.66. The van der Waals surface area contributed by atoms with E-state index in [1.165, 1.54) is 0 Å². The van der Waals surface area contributed by atoms with Crippen LogP contribution in [0.1, 0.15) is 119 Å². The molecule has 3 N–H and O–H groups in total. The van der Waals surface area contributed by atoms with Crippen LogP contribution in [0.2, 0.25) is 0 Å². The molecule has 0 radical (unpaired) electrons. The van der Waals surface area contributed by atoms with Crippen LogP contribution in [0.25, 0.3) is 0 Å². The van der Waals surface area contributed by atoms with Crippen LogP contribution in [0.15, 0.2) is 0 Å². The van der Waals surface area contributed by atoms with Gasteiger partial charge in [-0.25, -0.2) is 4.57 Å². The van der Waals surface area contributed by atoms with E-state index in [0.717, 1.165) is 38.8 Å². The minimum absolute atomic E-state index is 0.0149. The third-order valence-electron chi connectivity index (χ3n) is 8.82. The third kappa shape index (κ3) is 16.3. The highest BCUT2D eigenvalue weighted by atomic mass is 31.2. The zero-order valence-electron chi connectivity index (χ0n) is 29.6. The first kappa shape index (κ1) is 41.0. The molecule has 0 aromatic rings. The summed E-state index contributed by atoms with van der Waals surface area (Å²) < 4.78 is 30.0. The average Bonchev–Trinajstić information content (AvgIpc) is 3.55. The van der Waals surface area contributed by atoms with Gasteiger partial charge >= 0.3 is 7.82 Å². The molecule has 268 valence electrons. The molecule has 0 bridgehead atoms. The number of amides is 1. The van der Waals surface area contributed by atoms with Crippen molar-refractivity contribution in [3.05, 3.63) is 0 Å². The predicted molar refractivity (Wildman–Crippen MR) is 180 cm³/mol. The number of carbonyl (C=O) groups is 3. The Labute approximate surface area is 278 Å². The quantitative estimate of drug-likeness (QED) is 0.0896. The van der Waals surface area contributed by atoms with Crippen molar-refractivity contribution in [3.63, 3.8) is 0 Å². The van der Waals surface area contributed by atoms with Gasteiger partial charge in [-0.15, -0.1) is 0 Å². The molecule has 1 amide bonds. The van der Waals surface area contributed by atoms with Crippen molar-refractivity contribution < 1.29 is 37.6 Å². The molecule has 0 aromatic carbocycles. The highest BCUT2D eigenvalue weighted by Gasteiger charge is 2.43. The Hall–Kier alpha value is -1.20. The first-order valence-corrected chi connectivity index (χ1v) is 19.2. The number of likely N-dealkylation sites (tertiary alicyclic amines) is 1. The van der Waals surface area contributed by atoms with E-state index in [2.05, 4.69) is 38.3 Å². The van der Waals surface area contributed by atoms with Crippen molar-refractivity contribution in [2.45, 2.75) is 149 Å². The van der Waals surface area contributed by atoms with E-state index in [1.807, 2.05) is 20.8 Å². The maximum atomic E-state index is 13.2. The molecule has 2 rings (SSSR count). The summed E-state index contributed by atoms with van der Waals surface area (Å²) in [5.41, 5.74) is 0. The molecule has 11 nitrogen and oxygen atoms in total. The zero-order valence-corrected chi connectivity index (χ0v) is 30.5. The lowest BCUT2D eigenvalue weighted by Crippen LogP contribution is -2.38. The van der Waals surface area contributed by atoms with E-state index < -0.39 is 13.9 Å². The minimum Gasteiger partial charge on any atom is -0.378 e. The molecule has 6 atom stereocenters. The Morgan fingerprint density at radius 3 is 2.17 bits per heavy atom. The number of ether oxygens (including phenoxy) is 1. The van der Waals surface area contributed by atoms with Crippen molar-refractivity contribution in [2.24, 2.45) is 17.8 Å². The zero-order chi connectivity index (χ0) is 34.3. The van der Waals surface area contributed by atoms with Gasteiger partial charge in [0.25, 0.3) is 0 Å². The van der Waals surface area contributed by atoms with Crippen LogP contribution in [-0.4, -0.2) is 90.4 Å². The molecule has 1 aliphatic heterocycles. The second kappa shape index (κ2) is 21.0. The lowest BCUT2D eigenvalue weighted by Gasteiger charge is -2.26. The van der Waals surface area contributed by atoms with Crippen LogP contribution in [0.4, 0.5) is 0 Å². The molecule has 12 heteroatoms. The van der Waals surface area contributed by atoms with E-state index in [-0.39, 0.29) is 66.8 Å². The molecule has 2 fully saturated rings. The summed E-state index contributed by atoms with van der Waals surface area (Å²) in [5.74, 6) is -0.0628. The number of hydrogen-bond donors (Lipinski definition) is 3. The van der Waals surface area contributed by atoms with Gasteiger partial charge in [0.05, 0.1) is 31.5 Å². The molecule has 1 saturated carbocycles. The Balaban J connectivity index is 1.85. The number of unbranched alkanes of at least 4 members (excludes halogenated alkanes) is 2. The van der Waals surface area contributed by atoms with Crippen molar-refractivity contribution in [1.82, 2.24) is 15.5 Å². The number of phosphoric ester groups is 1. The Bertz CT molecular complexity index is 978. The van der Waals surface area contributed by atoms with E-state index >= 15 is 0 Å². The predicted octanol–water partition coefficient (Wildman–Crippen LogP) is 5.43. The summed E-state index contributed by atoms with van der Waals surface area (Å²) in [6.45, 7) is 16.8. The molecule has 1 aliphatic carbocycles. The Kier molecular flexibility index (Phi) is 18.7. The normalized spacial score (nSPS) is 24.8. The third-order valence-corrected chi connectivity index (χ3v) is 9.86. The van der Waals surface area contributed by atoms with Gasteiger partial charge in [-0.3, -0.25) is 23.4 Å². The van der Waals surface area contributed by atoms with Crippen LogP contribution in [0.3, 0.4) is 0 Å². The topological polar surface area (TPSA) is 143 Å². The van der Waals surface area contributed by atoms with Gasteiger partial charge in [0.2, 0.25) is 5.91 Å². The Morgan fingerprint density at radius 2 is 1.52 bits per heavy atom. The number of rotatable bonds is 24. The van der Waals surface area contributed by atoms with Gasteiger partial charge in [0.1, 0.15) is 11.6 Å². The maximum absolute atomic E-state index is 13.2. The molecule has 46 heavy (non-hydrogen) atoms. The van der Waals surface area contributed by atoms with E-state index in [4.69, 9.17) is 13.8 Å². The SMILES string of the molecule is CC(C)NCCCCCC(=O)C1C[C@H](OP(=O)(O)OC[C@@H]2C[C@@H](C)CN2C(=O)CCC(=O)CCCNC(C)C)C[C@H]1COC(C)C. The maximum Gasteiger partial charge on any atom is 0.472 e. The fourth-order valence-corrected chi connectivity index (χ4v) is 7.41. The highest BCUT2D eigenvalue weighted by Crippen LogP contribution is 2.50. The summed E-state index contributed by atoms with van der Waals surface area (Å²) in [6, 6.07) is 0.454. The molecular formula is C34H64N3O8P. The van der Waals surface area contributed by atoms with Crippen molar-refractivity contribution in [2.75, 3.05) is 32.8 Å². The summed E-state index contributed by atoms with van der Waals surface area (Å²) >= 11 is 0. The number of nitrogens with one attached hydrogen (secondary N) is 2. The molecule has 2 unspecified atom stereocenters. The largest absolute Gasteiger partial charge is 0.472 e. The van der Waals surface area contributed by atoms with Crippen LogP contribution >= 0.6 is 7.82 Å². The summed E-state index contributed by atoms with van der Waals surface area (Å²) in [4.78, 5) is 50.9. The number of Topliss-reactive ketones (excluding diaryl/α,β-unsaturated/α-hetero) is 2. The standard InChI is InChI=1S/C34H64N3O8P/c1-24(2)35-16-10-8-9-13-33(39)32-20-31(19-28(32)22-43-26(5)6)45-46(41,42)44-23-29-18-27(7)21-37(29)34(40)15-14-30(38)12-11-17-36-25(3)4/h24-29,31-32,35-36H,8-23H2,1-7H3,(H,41,42)/t27-,28+,29+,31-,32?/m1/s1. The molecule has 1 heterocycles. The van der Waals surface area contributed by atoms with Gasteiger partial charge in [-0.2, -0.15) is 0 Å². The van der Waals surface area contributed by atoms with Crippen molar-refractivity contribution in [1.29, 1.82) is 0 Å². The molecule has 0 aromatic heterocycles. The molecule has 2 aliphatic rings. The van der Waals surface area contributed by atoms with Gasteiger partial charge in [-0.1, -0.05) is 41.0 Å². The van der Waals surface area contributed by atoms with Crippen molar-refractivity contribution >= 4 is 25.3 Å². The van der Waals surface area contributed by atoms with E-state index in [9.17, 15) is 23.8 Å². The fourth-order valence-electron chi connectivity index (χ4n) is 6.44. The monoisotopic (exact) mass is 673 g/mol.